The van der Waals surface area contributed by atoms with Crippen molar-refractivity contribution in [1.29, 1.82) is 0 Å². The van der Waals surface area contributed by atoms with Gasteiger partial charge in [0.25, 0.3) is 0 Å². The van der Waals surface area contributed by atoms with Gasteiger partial charge in [0, 0.05) is 5.56 Å². The predicted octanol–water partition coefficient (Wildman–Crippen LogP) is 3.81. The minimum Gasteiger partial charge on any atom is -0.496 e. The van der Waals surface area contributed by atoms with Gasteiger partial charge in [-0.1, -0.05) is 23.5 Å². The average molecular weight is 274 g/mol. The smallest absolute Gasteiger partial charge is 0.214 e. The van der Waals surface area contributed by atoms with E-state index >= 15 is 0 Å². The van der Waals surface area contributed by atoms with E-state index in [0.29, 0.717) is 10.3 Å². The highest BCUT2D eigenvalue weighted by Crippen LogP contribution is 2.32. The highest BCUT2D eigenvalue weighted by atomic mass is 32.1. The summed E-state index contributed by atoms with van der Waals surface area (Å²) in [5.74, 6) is 0.333. The third-order valence-corrected chi connectivity index (χ3v) is 3.89. The van der Waals surface area contributed by atoms with Crippen LogP contribution in [0.2, 0.25) is 0 Å². The van der Waals surface area contributed by atoms with Crippen LogP contribution < -0.4 is 4.74 Å². The first kappa shape index (κ1) is 12.0. The number of halogens is 1. The van der Waals surface area contributed by atoms with Crippen LogP contribution in [0.1, 0.15) is 5.56 Å². The van der Waals surface area contributed by atoms with E-state index in [4.69, 9.17) is 4.74 Å². The van der Waals surface area contributed by atoms with Crippen molar-refractivity contribution in [2.75, 3.05) is 7.11 Å². The summed E-state index contributed by atoms with van der Waals surface area (Å²) in [4.78, 5) is 8.91. The average Bonchev–Trinajstić information content (AvgIpc) is 2.82. The number of thiazole rings is 1. The van der Waals surface area contributed by atoms with Crippen molar-refractivity contribution in [2.24, 2.45) is 0 Å². The van der Waals surface area contributed by atoms with E-state index in [1.807, 2.05) is 25.1 Å². The molecular formula is C14H11FN2OS. The molecule has 2 aromatic heterocycles. The highest BCUT2D eigenvalue weighted by Gasteiger charge is 2.10. The molecule has 3 aromatic rings. The number of methoxy groups -OCH3 is 1. The highest BCUT2D eigenvalue weighted by molar-refractivity contribution is 7.21. The van der Waals surface area contributed by atoms with Crippen LogP contribution in [0.4, 0.5) is 4.39 Å². The number of aromatic nitrogens is 2. The van der Waals surface area contributed by atoms with Gasteiger partial charge in [-0.2, -0.15) is 4.39 Å². The molecule has 0 aliphatic carbocycles. The zero-order valence-electron chi connectivity index (χ0n) is 10.5. The summed E-state index contributed by atoms with van der Waals surface area (Å²) in [6.45, 7) is 1.98. The number of hydrogen-bond donors (Lipinski definition) is 0. The van der Waals surface area contributed by atoms with Gasteiger partial charge in [0.05, 0.1) is 7.11 Å². The summed E-state index contributed by atoms with van der Waals surface area (Å²) in [5, 5.41) is 0.811. The molecule has 2 heterocycles. The van der Waals surface area contributed by atoms with Crippen LogP contribution in [0.25, 0.3) is 20.9 Å². The Morgan fingerprint density at radius 1 is 1.16 bits per heavy atom. The first-order chi connectivity index (χ1) is 9.17. The van der Waals surface area contributed by atoms with E-state index in [2.05, 4.69) is 9.97 Å². The van der Waals surface area contributed by atoms with Crippen LogP contribution in [0.15, 0.2) is 30.3 Å². The molecule has 0 N–H and O–H groups in total. The maximum atomic E-state index is 13.1. The van der Waals surface area contributed by atoms with Crippen molar-refractivity contribution in [3.63, 3.8) is 0 Å². The summed E-state index contributed by atoms with van der Waals surface area (Å²) in [5.41, 5.74) is 2.73. The van der Waals surface area contributed by atoms with Gasteiger partial charge in [-0.25, -0.2) is 9.97 Å². The van der Waals surface area contributed by atoms with E-state index in [0.717, 1.165) is 21.9 Å². The zero-order valence-corrected chi connectivity index (χ0v) is 11.3. The first-order valence-corrected chi connectivity index (χ1v) is 6.57. The maximum absolute atomic E-state index is 13.1. The normalized spacial score (nSPS) is 10.9. The number of fused-ring (bicyclic) bond motifs is 1. The Morgan fingerprint density at radius 2 is 2.00 bits per heavy atom. The summed E-state index contributed by atoms with van der Waals surface area (Å²) < 4.78 is 18.4. The molecule has 19 heavy (non-hydrogen) atoms. The molecule has 0 bridgehead atoms. The molecule has 0 unspecified atom stereocenters. The number of ether oxygens (including phenoxy) is 1. The van der Waals surface area contributed by atoms with Crippen LogP contribution in [0, 0.1) is 12.9 Å². The minimum atomic E-state index is -0.482. The molecule has 0 fully saturated rings. The third kappa shape index (κ3) is 2.17. The molecule has 0 spiro atoms. The third-order valence-electron chi connectivity index (χ3n) is 2.88. The minimum absolute atomic E-state index is 0.482. The fourth-order valence-corrected chi connectivity index (χ4v) is 2.79. The van der Waals surface area contributed by atoms with Gasteiger partial charge in [0.1, 0.15) is 21.1 Å². The topological polar surface area (TPSA) is 35.0 Å². The van der Waals surface area contributed by atoms with Gasteiger partial charge in [-0.05, 0) is 30.7 Å². The molecule has 0 atom stereocenters. The van der Waals surface area contributed by atoms with Crippen molar-refractivity contribution >= 4 is 21.7 Å². The van der Waals surface area contributed by atoms with Crippen LogP contribution in [-0.2, 0) is 0 Å². The number of aryl methyl sites for hydroxylation is 1. The maximum Gasteiger partial charge on any atom is 0.214 e. The monoisotopic (exact) mass is 274 g/mol. The lowest BCUT2D eigenvalue weighted by molar-refractivity contribution is 0.412. The van der Waals surface area contributed by atoms with Crippen molar-refractivity contribution in [2.45, 2.75) is 6.92 Å². The van der Waals surface area contributed by atoms with Crippen LogP contribution >= 0.6 is 11.3 Å². The number of benzene rings is 1. The SMILES string of the molecule is COc1cc(-c2nc3ccc(F)nc3s2)ccc1C. The number of nitrogens with zero attached hydrogens (tertiary/aromatic N) is 2. The van der Waals surface area contributed by atoms with Crippen LogP contribution in [-0.4, -0.2) is 17.1 Å². The largest absolute Gasteiger partial charge is 0.496 e. The fourth-order valence-electron chi connectivity index (χ4n) is 1.87. The summed E-state index contributed by atoms with van der Waals surface area (Å²) >= 11 is 1.37. The number of pyridine rings is 1. The lowest BCUT2D eigenvalue weighted by Gasteiger charge is -2.05. The van der Waals surface area contributed by atoms with Gasteiger partial charge in [-0.3, -0.25) is 0 Å². The molecule has 0 aliphatic rings. The summed E-state index contributed by atoms with van der Waals surface area (Å²) in [6, 6.07) is 8.86. The molecule has 0 aliphatic heterocycles. The standard InChI is InChI=1S/C14H11FN2OS/c1-8-3-4-9(7-11(8)18-2)13-16-10-5-6-12(15)17-14(10)19-13/h3-7H,1-2H3. The number of hydrogen-bond acceptors (Lipinski definition) is 4. The molecule has 96 valence electrons. The molecule has 0 saturated heterocycles. The Kier molecular flexibility index (Phi) is 2.91. The predicted molar refractivity (Wildman–Crippen MR) is 74.1 cm³/mol. The summed E-state index contributed by atoms with van der Waals surface area (Å²) in [7, 11) is 1.64. The molecule has 5 heteroatoms. The Labute approximate surface area is 113 Å². The van der Waals surface area contributed by atoms with Gasteiger partial charge < -0.3 is 4.74 Å². The molecular weight excluding hydrogens is 263 g/mol. The summed E-state index contributed by atoms with van der Waals surface area (Å²) in [6.07, 6.45) is 0. The first-order valence-electron chi connectivity index (χ1n) is 5.75. The molecule has 3 nitrogen and oxygen atoms in total. The van der Waals surface area contributed by atoms with E-state index < -0.39 is 5.95 Å². The second-order valence-corrected chi connectivity index (χ2v) is 5.14. The van der Waals surface area contributed by atoms with Crippen molar-refractivity contribution in [1.82, 2.24) is 9.97 Å². The van der Waals surface area contributed by atoms with Gasteiger partial charge >= 0.3 is 0 Å². The van der Waals surface area contributed by atoms with Gasteiger partial charge in [0.15, 0.2) is 0 Å². The van der Waals surface area contributed by atoms with E-state index in [-0.39, 0.29) is 0 Å². The number of rotatable bonds is 2. The quantitative estimate of drug-likeness (QED) is 0.666. The van der Waals surface area contributed by atoms with Crippen molar-refractivity contribution in [3.8, 4) is 16.3 Å². The Hall–Kier alpha value is -2.01. The molecule has 0 amide bonds. The van der Waals surface area contributed by atoms with E-state index in [1.54, 1.807) is 13.2 Å². The lowest BCUT2D eigenvalue weighted by Crippen LogP contribution is -1.87. The molecule has 0 saturated carbocycles. The van der Waals surface area contributed by atoms with Crippen molar-refractivity contribution < 1.29 is 9.13 Å². The second-order valence-electron chi connectivity index (χ2n) is 4.16. The van der Waals surface area contributed by atoms with Crippen LogP contribution in [0.5, 0.6) is 5.75 Å². The van der Waals surface area contributed by atoms with Gasteiger partial charge in [0.2, 0.25) is 5.95 Å². The Balaban J connectivity index is 2.13. The lowest BCUT2D eigenvalue weighted by atomic mass is 10.1. The van der Waals surface area contributed by atoms with Crippen LogP contribution in [0.3, 0.4) is 0 Å². The molecule has 1 aromatic carbocycles. The second kappa shape index (κ2) is 4.59. The Bertz CT molecular complexity index is 754. The van der Waals surface area contributed by atoms with E-state index in [1.165, 1.54) is 17.4 Å². The van der Waals surface area contributed by atoms with Gasteiger partial charge in [-0.15, -0.1) is 0 Å². The molecule has 0 radical (unpaired) electrons. The molecule has 3 rings (SSSR count). The van der Waals surface area contributed by atoms with Crippen molar-refractivity contribution in [3.05, 3.63) is 41.8 Å². The fraction of sp³-hybridized carbons (Fsp3) is 0.143. The Morgan fingerprint density at radius 3 is 2.79 bits per heavy atom. The zero-order chi connectivity index (χ0) is 13.4. The van der Waals surface area contributed by atoms with E-state index in [9.17, 15) is 4.39 Å².